The first-order chi connectivity index (χ1) is 9.38. The Balaban J connectivity index is 2.67. The van der Waals surface area contributed by atoms with Crippen LogP contribution in [0.5, 0.6) is 0 Å². The Labute approximate surface area is 117 Å². The molecule has 20 heavy (non-hydrogen) atoms. The zero-order valence-corrected chi connectivity index (χ0v) is 11.7. The molecule has 0 aliphatic rings. The van der Waals surface area contributed by atoms with Gasteiger partial charge in [0, 0.05) is 31.8 Å². The minimum absolute atomic E-state index is 0.0341. The second-order valence-electron chi connectivity index (χ2n) is 4.83. The van der Waals surface area contributed by atoms with E-state index in [1.165, 1.54) is 12.1 Å². The molecule has 0 atom stereocenters. The van der Waals surface area contributed by atoms with E-state index in [0.717, 1.165) is 12.1 Å². The molecule has 0 fully saturated rings. The number of hydrogen-bond donors (Lipinski definition) is 1. The van der Waals surface area contributed by atoms with Gasteiger partial charge in [0.15, 0.2) is 0 Å². The second-order valence-corrected chi connectivity index (χ2v) is 4.83. The predicted octanol–water partition coefficient (Wildman–Crippen LogP) is 1.04. The Kier molecular flexibility index (Phi) is 6.08. The molecule has 0 bridgehead atoms. The van der Waals surface area contributed by atoms with Crippen LogP contribution in [0.3, 0.4) is 0 Å². The van der Waals surface area contributed by atoms with Gasteiger partial charge < -0.3 is 10.0 Å². The molecule has 1 N–H and O–H groups in total. The minimum Gasteiger partial charge on any atom is -0.480 e. The van der Waals surface area contributed by atoms with Crippen molar-refractivity contribution in [3.8, 4) is 0 Å². The number of nitrogens with zero attached hydrogens (tertiary/aromatic N) is 3. The highest BCUT2D eigenvalue weighted by Crippen LogP contribution is 2.13. The molecule has 0 radical (unpaired) electrons. The maximum Gasteiger partial charge on any atom is 0.317 e. The number of nitro groups is 1. The Hall–Kier alpha value is -1.99. The quantitative estimate of drug-likeness (QED) is 0.566. The summed E-state index contributed by atoms with van der Waals surface area (Å²) in [5.74, 6) is -0.884. The van der Waals surface area contributed by atoms with Gasteiger partial charge in [0.1, 0.15) is 0 Å². The van der Waals surface area contributed by atoms with E-state index in [1.807, 2.05) is 19.0 Å². The van der Waals surface area contributed by atoms with Crippen LogP contribution in [-0.2, 0) is 11.3 Å². The van der Waals surface area contributed by atoms with Crippen molar-refractivity contribution in [1.29, 1.82) is 0 Å². The van der Waals surface area contributed by atoms with E-state index in [4.69, 9.17) is 5.11 Å². The number of benzene rings is 1. The summed E-state index contributed by atoms with van der Waals surface area (Å²) < 4.78 is 0. The standard InChI is InChI=1S/C13H19N3O4/c1-14(2)7-8-15(10-13(17)18)9-11-3-5-12(6-4-11)16(19)20/h3-6H,7-10H2,1-2H3,(H,17,18). The molecule has 0 aliphatic heterocycles. The van der Waals surface area contributed by atoms with Crippen molar-refractivity contribution in [2.24, 2.45) is 0 Å². The van der Waals surface area contributed by atoms with Crippen molar-refractivity contribution < 1.29 is 14.8 Å². The lowest BCUT2D eigenvalue weighted by atomic mass is 10.2. The molecular weight excluding hydrogens is 262 g/mol. The first-order valence-electron chi connectivity index (χ1n) is 6.20. The number of carboxylic acid groups (broad SMARTS) is 1. The van der Waals surface area contributed by atoms with E-state index >= 15 is 0 Å². The molecule has 1 aromatic carbocycles. The highest BCUT2D eigenvalue weighted by atomic mass is 16.6. The lowest BCUT2D eigenvalue weighted by Crippen LogP contribution is -2.35. The van der Waals surface area contributed by atoms with Gasteiger partial charge in [0.05, 0.1) is 11.5 Å². The third kappa shape index (κ3) is 5.77. The van der Waals surface area contributed by atoms with Gasteiger partial charge in [0.25, 0.3) is 5.69 Å². The number of rotatable bonds is 8. The fourth-order valence-corrected chi connectivity index (χ4v) is 1.73. The van der Waals surface area contributed by atoms with Crippen LogP contribution < -0.4 is 0 Å². The number of nitro benzene ring substituents is 1. The first kappa shape index (κ1) is 16.1. The van der Waals surface area contributed by atoms with E-state index < -0.39 is 10.9 Å². The zero-order chi connectivity index (χ0) is 15.1. The largest absolute Gasteiger partial charge is 0.480 e. The Morgan fingerprint density at radius 2 is 1.85 bits per heavy atom. The Bertz CT molecular complexity index is 459. The summed E-state index contributed by atoms with van der Waals surface area (Å²) in [5.41, 5.74) is 0.891. The minimum atomic E-state index is -0.884. The van der Waals surface area contributed by atoms with E-state index in [9.17, 15) is 14.9 Å². The summed E-state index contributed by atoms with van der Waals surface area (Å²) in [6.07, 6.45) is 0. The van der Waals surface area contributed by atoms with Crippen molar-refractivity contribution in [2.45, 2.75) is 6.54 Å². The molecule has 1 rings (SSSR count). The highest BCUT2D eigenvalue weighted by molar-refractivity contribution is 5.69. The molecule has 0 spiro atoms. The fourth-order valence-electron chi connectivity index (χ4n) is 1.73. The molecular formula is C13H19N3O4. The molecule has 0 amide bonds. The van der Waals surface area contributed by atoms with Crippen molar-refractivity contribution in [3.05, 3.63) is 39.9 Å². The van der Waals surface area contributed by atoms with Crippen molar-refractivity contribution in [3.63, 3.8) is 0 Å². The van der Waals surface area contributed by atoms with Gasteiger partial charge >= 0.3 is 5.97 Å². The zero-order valence-electron chi connectivity index (χ0n) is 11.7. The van der Waals surface area contributed by atoms with E-state index in [2.05, 4.69) is 0 Å². The summed E-state index contributed by atoms with van der Waals surface area (Å²) in [4.78, 5) is 24.7. The van der Waals surface area contributed by atoms with Crippen LogP contribution in [0.25, 0.3) is 0 Å². The maximum absolute atomic E-state index is 10.8. The normalized spacial score (nSPS) is 11.0. The van der Waals surface area contributed by atoms with Crippen LogP contribution in [0.15, 0.2) is 24.3 Å². The second kappa shape index (κ2) is 7.56. The van der Waals surface area contributed by atoms with Crippen LogP contribution in [0.1, 0.15) is 5.56 Å². The molecule has 0 saturated heterocycles. The number of likely N-dealkylation sites (N-methyl/N-ethyl adjacent to an activating group) is 1. The van der Waals surface area contributed by atoms with Gasteiger partial charge in [-0.3, -0.25) is 19.8 Å². The van der Waals surface area contributed by atoms with Crippen LogP contribution in [0.4, 0.5) is 5.69 Å². The molecule has 0 aromatic heterocycles. The van der Waals surface area contributed by atoms with Crippen molar-refractivity contribution in [1.82, 2.24) is 9.80 Å². The summed E-state index contributed by atoms with van der Waals surface area (Å²) in [7, 11) is 3.84. The molecule has 1 aromatic rings. The molecule has 0 heterocycles. The molecule has 0 aliphatic carbocycles. The van der Waals surface area contributed by atoms with Gasteiger partial charge in [-0.2, -0.15) is 0 Å². The van der Waals surface area contributed by atoms with Gasteiger partial charge in [-0.15, -0.1) is 0 Å². The Morgan fingerprint density at radius 3 is 2.30 bits per heavy atom. The Morgan fingerprint density at radius 1 is 1.25 bits per heavy atom. The molecule has 7 nitrogen and oxygen atoms in total. The average molecular weight is 281 g/mol. The van der Waals surface area contributed by atoms with Crippen molar-refractivity contribution in [2.75, 3.05) is 33.7 Å². The third-order valence-electron chi connectivity index (χ3n) is 2.78. The lowest BCUT2D eigenvalue weighted by Gasteiger charge is -2.22. The molecule has 110 valence electrons. The van der Waals surface area contributed by atoms with E-state index in [1.54, 1.807) is 17.0 Å². The van der Waals surface area contributed by atoms with Gasteiger partial charge in [-0.25, -0.2) is 0 Å². The van der Waals surface area contributed by atoms with Crippen LogP contribution in [-0.4, -0.2) is 59.5 Å². The highest BCUT2D eigenvalue weighted by Gasteiger charge is 2.12. The number of carboxylic acids is 1. The molecule has 0 saturated carbocycles. The van der Waals surface area contributed by atoms with Crippen LogP contribution in [0, 0.1) is 10.1 Å². The number of non-ortho nitro benzene ring substituents is 1. The summed E-state index contributed by atoms with van der Waals surface area (Å²) in [5, 5.41) is 19.5. The average Bonchev–Trinajstić information content (AvgIpc) is 2.36. The topological polar surface area (TPSA) is 86.9 Å². The van der Waals surface area contributed by atoms with E-state index in [0.29, 0.717) is 13.1 Å². The van der Waals surface area contributed by atoms with Crippen LogP contribution in [0.2, 0.25) is 0 Å². The summed E-state index contributed by atoms with van der Waals surface area (Å²) in [6.45, 7) is 1.78. The fraction of sp³-hybridized carbons (Fsp3) is 0.462. The summed E-state index contributed by atoms with van der Waals surface area (Å²) in [6, 6.07) is 6.17. The van der Waals surface area contributed by atoms with Gasteiger partial charge in [-0.1, -0.05) is 12.1 Å². The van der Waals surface area contributed by atoms with Crippen molar-refractivity contribution >= 4 is 11.7 Å². The smallest absolute Gasteiger partial charge is 0.317 e. The molecule has 0 unspecified atom stereocenters. The van der Waals surface area contributed by atoms with Gasteiger partial charge in [0.2, 0.25) is 0 Å². The molecule has 7 heteroatoms. The number of hydrogen-bond acceptors (Lipinski definition) is 5. The number of aliphatic carboxylic acids is 1. The van der Waals surface area contributed by atoms with E-state index in [-0.39, 0.29) is 12.2 Å². The monoisotopic (exact) mass is 281 g/mol. The van der Waals surface area contributed by atoms with Crippen LogP contribution >= 0.6 is 0 Å². The lowest BCUT2D eigenvalue weighted by molar-refractivity contribution is -0.384. The van der Waals surface area contributed by atoms with Gasteiger partial charge in [-0.05, 0) is 19.7 Å². The SMILES string of the molecule is CN(C)CCN(CC(=O)O)Cc1ccc([N+](=O)[O-])cc1. The first-order valence-corrected chi connectivity index (χ1v) is 6.20. The maximum atomic E-state index is 10.8. The third-order valence-corrected chi connectivity index (χ3v) is 2.78. The summed E-state index contributed by atoms with van der Waals surface area (Å²) >= 11 is 0. The predicted molar refractivity (Wildman–Crippen MR) is 74.6 cm³/mol. The number of carbonyl (C=O) groups is 1.